The van der Waals surface area contributed by atoms with E-state index in [0.29, 0.717) is 30.2 Å². The van der Waals surface area contributed by atoms with Crippen LogP contribution in [0.25, 0.3) is 27.8 Å². The quantitative estimate of drug-likeness (QED) is 0.467. The van der Waals surface area contributed by atoms with E-state index in [4.69, 9.17) is 10.5 Å². The first kappa shape index (κ1) is 17.8. The minimum absolute atomic E-state index is 0.188. The van der Waals surface area contributed by atoms with Crippen molar-refractivity contribution in [1.29, 1.82) is 0 Å². The van der Waals surface area contributed by atoms with Crippen LogP contribution in [-0.2, 0) is 0 Å². The highest BCUT2D eigenvalue weighted by Gasteiger charge is 2.25. The number of aromatic amines is 1. The van der Waals surface area contributed by atoms with E-state index >= 15 is 0 Å². The molecule has 2 atom stereocenters. The van der Waals surface area contributed by atoms with Crippen molar-refractivity contribution in [2.45, 2.75) is 25.5 Å². The van der Waals surface area contributed by atoms with Crippen LogP contribution in [0.2, 0.25) is 0 Å². The third kappa shape index (κ3) is 3.06. The third-order valence-corrected chi connectivity index (χ3v) is 5.29. The zero-order valence-electron chi connectivity index (χ0n) is 16.0. The summed E-state index contributed by atoms with van der Waals surface area (Å²) in [7, 11) is 0. The van der Waals surface area contributed by atoms with E-state index in [2.05, 4.69) is 25.3 Å². The van der Waals surface area contributed by atoms with Gasteiger partial charge in [-0.05, 0) is 19.4 Å². The highest BCUT2D eigenvalue weighted by molar-refractivity contribution is 6.00. The van der Waals surface area contributed by atoms with Crippen LogP contribution in [0.5, 0.6) is 5.75 Å². The molecule has 0 spiro atoms. The molecule has 5 heterocycles. The summed E-state index contributed by atoms with van der Waals surface area (Å²) in [5, 5.41) is 22.5. The van der Waals surface area contributed by atoms with Crippen molar-refractivity contribution < 1.29 is 9.84 Å². The van der Waals surface area contributed by atoms with Gasteiger partial charge < -0.3 is 20.5 Å². The largest absolute Gasteiger partial charge is 0.492 e. The van der Waals surface area contributed by atoms with Gasteiger partial charge >= 0.3 is 0 Å². The van der Waals surface area contributed by atoms with Crippen LogP contribution in [0, 0.1) is 0 Å². The van der Waals surface area contributed by atoms with Crippen molar-refractivity contribution in [3.8, 4) is 17.0 Å². The number of H-pyrrole nitrogens is 1. The summed E-state index contributed by atoms with van der Waals surface area (Å²) in [5.74, 6) is 1.42. The van der Waals surface area contributed by atoms with E-state index in [1.54, 1.807) is 23.1 Å². The van der Waals surface area contributed by atoms with E-state index in [0.717, 1.165) is 35.2 Å². The lowest BCUT2D eigenvalue weighted by Gasteiger charge is -2.34. The van der Waals surface area contributed by atoms with Gasteiger partial charge in [0.15, 0.2) is 5.65 Å². The molecule has 29 heavy (non-hydrogen) atoms. The number of piperidine rings is 1. The molecule has 4 aromatic heterocycles. The van der Waals surface area contributed by atoms with E-state index in [1.165, 1.54) is 0 Å². The Morgan fingerprint density at radius 1 is 1.31 bits per heavy atom. The number of anilines is 1. The molecule has 1 fully saturated rings. The molecule has 0 aliphatic carbocycles. The van der Waals surface area contributed by atoms with Crippen molar-refractivity contribution in [3.63, 3.8) is 0 Å². The summed E-state index contributed by atoms with van der Waals surface area (Å²) in [6.45, 7) is 3.69. The molecule has 1 aliphatic rings. The molecule has 5 rings (SSSR count). The molecule has 150 valence electrons. The maximum absolute atomic E-state index is 10.1. The van der Waals surface area contributed by atoms with Gasteiger partial charge in [0.1, 0.15) is 11.6 Å². The standard InChI is InChI=1S/C19H22N8O2/c1-2-29-11-5-12(18-13-6-23-24-19(13)25-27(18)9-11)15-7-22-17(8-21-15)26-4-3-14(20)16(28)10-26/h5-9,14,16,28H,2-4,10,20H2,1H3,(H,24,25)/t14-,16-/m0/s1. The first-order valence-corrected chi connectivity index (χ1v) is 9.63. The van der Waals surface area contributed by atoms with Gasteiger partial charge in [0.2, 0.25) is 0 Å². The van der Waals surface area contributed by atoms with E-state index in [1.807, 2.05) is 24.1 Å². The molecule has 10 nitrogen and oxygen atoms in total. The number of rotatable bonds is 4. The van der Waals surface area contributed by atoms with E-state index < -0.39 is 6.10 Å². The number of aliphatic hydroxyl groups excluding tert-OH is 1. The predicted octanol–water partition coefficient (Wildman–Crippen LogP) is 0.965. The second kappa shape index (κ2) is 6.98. The Morgan fingerprint density at radius 3 is 2.97 bits per heavy atom. The van der Waals surface area contributed by atoms with Crippen molar-refractivity contribution in [3.05, 3.63) is 30.9 Å². The van der Waals surface area contributed by atoms with Crippen LogP contribution in [0.3, 0.4) is 0 Å². The summed E-state index contributed by atoms with van der Waals surface area (Å²) in [5.41, 5.74) is 9.05. The summed E-state index contributed by atoms with van der Waals surface area (Å²) < 4.78 is 7.49. The SMILES string of the molecule is CCOc1cc(-c2cnc(N3CC[C@H](N)[C@@H](O)C3)cn2)c2c3cn[nH]c3nn2c1. The number of nitrogens with two attached hydrogens (primary N) is 1. The summed E-state index contributed by atoms with van der Waals surface area (Å²) in [6, 6.07) is 1.76. The van der Waals surface area contributed by atoms with Gasteiger partial charge in [-0.3, -0.25) is 10.1 Å². The zero-order valence-corrected chi connectivity index (χ0v) is 16.0. The first-order valence-electron chi connectivity index (χ1n) is 9.63. The Bertz CT molecular complexity index is 1150. The molecule has 0 amide bonds. The Hall–Kier alpha value is -3.24. The maximum Gasteiger partial charge on any atom is 0.178 e. The van der Waals surface area contributed by atoms with Gasteiger partial charge in [0, 0.05) is 24.7 Å². The maximum atomic E-state index is 10.1. The molecule has 1 saturated heterocycles. The molecule has 0 bridgehead atoms. The zero-order chi connectivity index (χ0) is 20.0. The normalized spacial score (nSPS) is 19.9. The van der Waals surface area contributed by atoms with Crippen molar-refractivity contribution in [2.75, 3.05) is 24.6 Å². The number of nitrogens with one attached hydrogen (secondary N) is 1. The van der Waals surface area contributed by atoms with Gasteiger partial charge in [0.05, 0.1) is 54.1 Å². The Labute approximate surface area is 166 Å². The van der Waals surface area contributed by atoms with Crippen molar-refractivity contribution >= 4 is 22.4 Å². The van der Waals surface area contributed by atoms with Gasteiger partial charge in [-0.2, -0.15) is 5.10 Å². The number of hydrogen-bond donors (Lipinski definition) is 3. The van der Waals surface area contributed by atoms with E-state index in [9.17, 15) is 5.11 Å². The van der Waals surface area contributed by atoms with Gasteiger partial charge in [-0.1, -0.05) is 0 Å². The molecule has 1 aliphatic heterocycles. The van der Waals surface area contributed by atoms with Crippen LogP contribution < -0.4 is 15.4 Å². The Morgan fingerprint density at radius 2 is 2.21 bits per heavy atom. The monoisotopic (exact) mass is 394 g/mol. The predicted molar refractivity (Wildman–Crippen MR) is 108 cm³/mol. The summed E-state index contributed by atoms with van der Waals surface area (Å²) >= 11 is 0. The summed E-state index contributed by atoms with van der Waals surface area (Å²) in [6.07, 6.45) is 7.22. The topological polar surface area (TPSA) is 130 Å². The van der Waals surface area contributed by atoms with Crippen LogP contribution in [0.4, 0.5) is 5.82 Å². The van der Waals surface area contributed by atoms with Crippen molar-refractivity contribution in [2.24, 2.45) is 5.73 Å². The highest BCUT2D eigenvalue weighted by atomic mass is 16.5. The highest BCUT2D eigenvalue weighted by Crippen LogP contribution is 2.32. The number of aromatic nitrogens is 6. The van der Waals surface area contributed by atoms with Crippen LogP contribution >= 0.6 is 0 Å². The fourth-order valence-corrected chi connectivity index (χ4v) is 3.76. The third-order valence-electron chi connectivity index (χ3n) is 5.29. The fourth-order valence-electron chi connectivity index (χ4n) is 3.76. The smallest absolute Gasteiger partial charge is 0.178 e. The number of ether oxygens (including phenoxy) is 1. The minimum atomic E-state index is -0.561. The number of β-amino-alcohol motifs (C(OH)–C–C–N with tert-alkyl or cyclic N) is 1. The second-order valence-corrected chi connectivity index (χ2v) is 7.17. The second-order valence-electron chi connectivity index (χ2n) is 7.17. The molecule has 10 heteroatoms. The lowest BCUT2D eigenvalue weighted by molar-refractivity contribution is 0.131. The van der Waals surface area contributed by atoms with Crippen LogP contribution in [-0.4, -0.2) is 66.7 Å². The molecule has 0 saturated carbocycles. The lowest BCUT2D eigenvalue weighted by Crippen LogP contribution is -2.50. The fraction of sp³-hybridized carbons (Fsp3) is 0.368. The molecule has 0 aromatic carbocycles. The number of nitrogens with zero attached hydrogens (tertiary/aromatic N) is 6. The number of fused-ring (bicyclic) bond motifs is 3. The van der Waals surface area contributed by atoms with E-state index in [-0.39, 0.29) is 6.04 Å². The Kier molecular flexibility index (Phi) is 4.29. The molecule has 0 unspecified atom stereocenters. The number of hydrogen-bond acceptors (Lipinski definition) is 8. The van der Waals surface area contributed by atoms with Gasteiger partial charge in [0.25, 0.3) is 0 Å². The molecule has 4 N–H and O–H groups in total. The molecule has 0 radical (unpaired) electrons. The number of aliphatic hydroxyl groups is 1. The molecular formula is C19H22N8O2. The van der Waals surface area contributed by atoms with Crippen LogP contribution in [0.1, 0.15) is 13.3 Å². The molecular weight excluding hydrogens is 372 g/mol. The number of pyridine rings is 1. The average Bonchev–Trinajstić information content (AvgIpc) is 3.31. The lowest BCUT2D eigenvalue weighted by atomic mass is 10.0. The minimum Gasteiger partial charge on any atom is -0.492 e. The average molecular weight is 394 g/mol. The first-order chi connectivity index (χ1) is 14.1. The van der Waals surface area contributed by atoms with Crippen molar-refractivity contribution in [1.82, 2.24) is 29.8 Å². The summed E-state index contributed by atoms with van der Waals surface area (Å²) in [4.78, 5) is 11.2. The van der Waals surface area contributed by atoms with Gasteiger partial charge in [-0.15, -0.1) is 5.10 Å². The van der Waals surface area contributed by atoms with Crippen LogP contribution in [0.15, 0.2) is 30.9 Å². The molecule has 4 aromatic rings. The van der Waals surface area contributed by atoms with Gasteiger partial charge in [-0.25, -0.2) is 9.50 Å². The Balaban J connectivity index is 1.56.